The number of hydrazine groups is 1. The van der Waals surface area contributed by atoms with E-state index in [9.17, 15) is 24.0 Å². The molecule has 71 heavy (non-hydrogen) atoms. The second-order valence-electron chi connectivity index (χ2n) is 19.6. The van der Waals surface area contributed by atoms with Gasteiger partial charge >= 0.3 is 12.0 Å². The zero-order valence-electron chi connectivity index (χ0n) is 42.0. The Bertz CT molecular complexity index is 2570. The summed E-state index contributed by atoms with van der Waals surface area (Å²) in [5.41, 5.74) is 9.28. The number of piperidine rings is 2. The van der Waals surface area contributed by atoms with Crippen LogP contribution >= 0.6 is 65.3 Å². The van der Waals surface area contributed by atoms with E-state index in [1.807, 2.05) is 32.2 Å². The summed E-state index contributed by atoms with van der Waals surface area (Å²) in [7, 11) is 3.31. The number of esters is 1. The third-order valence-electron chi connectivity index (χ3n) is 14.0. The Balaban J connectivity index is 0.00000274. The summed E-state index contributed by atoms with van der Waals surface area (Å²) in [6, 6.07) is 7.02. The number of thiazole rings is 1. The molecule has 0 radical (unpaired) electrons. The van der Waals surface area contributed by atoms with Crippen molar-refractivity contribution in [2.75, 3.05) is 40.4 Å². The number of methoxy groups -OCH3 is 1. The lowest BCUT2D eigenvalue weighted by Gasteiger charge is -2.52. The van der Waals surface area contributed by atoms with Crippen molar-refractivity contribution in [3.8, 4) is 22.5 Å². The lowest BCUT2D eigenvalue weighted by Crippen LogP contribution is -2.67. The number of fused-ring (bicyclic) bond motifs is 9. The first-order valence-corrected chi connectivity index (χ1v) is 24.5. The highest BCUT2D eigenvalue weighted by atomic mass is 32.1. The molecule has 3 aromatic heterocycles. The summed E-state index contributed by atoms with van der Waals surface area (Å²) >= 11 is 1.41. The first-order chi connectivity index (χ1) is 32.0. The maximum absolute atomic E-state index is 14.7. The number of aromatic nitrogens is 3. The number of cyclic esters (lactones) is 1. The zero-order chi connectivity index (χ0) is 47.9. The molecule has 2 N–H and O–H groups in total. The molecule has 6 atom stereocenters. The molecule has 16 nitrogen and oxygen atoms in total. The van der Waals surface area contributed by atoms with Crippen molar-refractivity contribution in [2.24, 2.45) is 11.3 Å². The lowest BCUT2D eigenvalue weighted by molar-refractivity contribution is -0.155. The number of hydrogen-bond acceptors (Lipinski definition) is 11. The molecule has 0 aliphatic carbocycles. The molecule has 4 fully saturated rings. The van der Waals surface area contributed by atoms with Crippen LogP contribution in [0.25, 0.3) is 33.4 Å². The van der Waals surface area contributed by atoms with Gasteiger partial charge in [-0.1, -0.05) is 40.3 Å². The minimum atomic E-state index is -1.08. The molecule has 21 heteroatoms. The molecule has 9 rings (SSSR count). The number of hydrogen-bond donors (Lipinski definition) is 2. The van der Waals surface area contributed by atoms with E-state index in [0.29, 0.717) is 50.4 Å². The minimum Gasteiger partial charge on any atom is -0.464 e. The molecule has 0 saturated carbocycles. The van der Waals surface area contributed by atoms with Crippen LogP contribution in [-0.4, -0.2) is 135 Å². The quantitative estimate of drug-likeness (QED) is 0.138. The number of carbonyl (C=O) groups excluding carboxylic acids is 5. The van der Waals surface area contributed by atoms with E-state index in [4.69, 9.17) is 19.4 Å². The Morgan fingerprint density at radius 2 is 1.76 bits per heavy atom. The Morgan fingerprint density at radius 3 is 2.41 bits per heavy atom. The largest absolute Gasteiger partial charge is 0.464 e. The van der Waals surface area contributed by atoms with Crippen molar-refractivity contribution in [3.05, 3.63) is 70.8 Å². The van der Waals surface area contributed by atoms with Crippen molar-refractivity contribution in [1.29, 1.82) is 0 Å². The van der Waals surface area contributed by atoms with Gasteiger partial charge in [0, 0.05) is 91.8 Å². The van der Waals surface area contributed by atoms with E-state index in [-0.39, 0.29) is 103 Å². The van der Waals surface area contributed by atoms with Crippen molar-refractivity contribution >= 4 is 106 Å². The van der Waals surface area contributed by atoms with Gasteiger partial charge in [0.2, 0.25) is 11.8 Å². The first-order valence-electron chi connectivity index (χ1n) is 23.6. The van der Waals surface area contributed by atoms with Gasteiger partial charge in [0.05, 0.1) is 40.8 Å². The number of likely N-dealkylation sites (N-methyl/N-ethyl adjacent to an activating group) is 1. The van der Waals surface area contributed by atoms with E-state index < -0.39 is 41.3 Å². The second kappa shape index (κ2) is 24.6. The fourth-order valence-corrected chi connectivity index (χ4v) is 11.4. The maximum atomic E-state index is 14.7. The van der Waals surface area contributed by atoms with Crippen LogP contribution in [0.1, 0.15) is 89.6 Å². The predicted molar refractivity (Wildman–Crippen MR) is 298 cm³/mol. The van der Waals surface area contributed by atoms with Crippen molar-refractivity contribution in [3.63, 3.8) is 0 Å². The molecule has 8 heterocycles. The first kappa shape index (κ1) is 59.3. The van der Waals surface area contributed by atoms with Gasteiger partial charge in [0.1, 0.15) is 18.1 Å². The monoisotopic (exact) mass is 1070 g/mol. The topological polar surface area (TPSA) is 172 Å². The Labute approximate surface area is 449 Å². The molecule has 5 aliphatic rings. The van der Waals surface area contributed by atoms with Crippen LogP contribution in [0.3, 0.4) is 0 Å². The van der Waals surface area contributed by atoms with Crippen molar-refractivity contribution in [2.45, 2.75) is 123 Å². The van der Waals surface area contributed by atoms with E-state index in [1.54, 1.807) is 30.2 Å². The summed E-state index contributed by atoms with van der Waals surface area (Å²) in [5.74, 6) is -1.82. The smallest absolute Gasteiger partial charge is 0.324 e. The minimum absolute atomic E-state index is 0. The highest BCUT2D eigenvalue weighted by Gasteiger charge is 2.45. The molecular weight excluding hydrogens is 999 g/mol. The molecule has 4 saturated heterocycles. The number of pyridine rings is 1. The number of rotatable bonds is 9. The number of benzene rings is 1. The summed E-state index contributed by atoms with van der Waals surface area (Å²) in [6.45, 7) is 17.6. The number of aryl methyl sites for hydroxylation is 1. The van der Waals surface area contributed by atoms with Crippen LogP contribution in [-0.2, 0) is 48.0 Å². The third-order valence-corrected chi connectivity index (χ3v) is 14.9. The summed E-state index contributed by atoms with van der Waals surface area (Å²) in [5, 5.41) is 8.14. The van der Waals surface area contributed by atoms with Crippen molar-refractivity contribution < 1.29 is 33.4 Å². The number of carbonyl (C=O) groups is 5. The van der Waals surface area contributed by atoms with Gasteiger partial charge in [-0.05, 0) is 87.8 Å². The van der Waals surface area contributed by atoms with Gasteiger partial charge in [-0.15, -0.1) is 11.3 Å². The van der Waals surface area contributed by atoms with E-state index >= 15 is 0 Å². The number of nitrogens with one attached hydrogen (secondary N) is 2. The van der Waals surface area contributed by atoms with Gasteiger partial charge in [-0.25, -0.2) is 15.2 Å². The third kappa shape index (κ3) is 12.1. The SMILES string of the molecule is C=CC(=O)N1CC2CCC1CN2C(=O)N(C)[C@H](C(=O)N[C@H]1Cc2nc(cs2)-c2ccc3c(c2)c(c(-c2cccnc2[C@H](C)OC)n3CC)CC(C)(C)COC(=O)[C@@H]2CCCN(N2)C1=O)C(C)C.S.S.S.S. The molecule has 1 aromatic carbocycles. The maximum Gasteiger partial charge on any atom is 0.324 e. The Hall–Kier alpha value is -4.25. The highest BCUT2D eigenvalue weighted by molar-refractivity contribution is 7.59. The standard InChI is InChI=1S/C50H65N9O7S.4H2S/c1-10-42(60)57-25-33-18-17-32(57)26-58(33)49(64)55(8)44(29(3)4)46(61)53-38-23-41-52-39(27-67-41)31-16-19-40-35(22-31)36(45(56(40)11-2)34-14-12-20-51-43(34)30(5)65-9)24-50(6,7)28-66-48(63)37-15-13-21-59(54-37)47(38)62;;;;/h10,12,14,16,19-20,22,27,29-30,32-33,37-38,44,54H,1,11,13,15,17-18,21,23-26,28H2,2-9H3,(H,53,61);4*1H2/t30-,32?,33?,37-,38-,44-;;;;/m0..../s1. The summed E-state index contributed by atoms with van der Waals surface area (Å²) in [4.78, 5) is 85.0. The molecular formula is C50H73N9O7S5. The van der Waals surface area contributed by atoms with Crippen LogP contribution in [0.15, 0.2) is 54.6 Å². The number of piperazine rings is 1. The average molecular weight is 1070 g/mol. The highest BCUT2D eigenvalue weighted by Crippen LogP contribution is 2.42. The van der Waals surface area contributed by atoms with Crippen LogP contribution in [0, 0.1) is 11.3 Å². The van der Waals surface area contributed by atoms with Gasteiger partial charge in [0.15, 0.2) is 0 Å². The van der Waals surface area contributed by atoms with Gasteiger partial charge in [0.25, 0.3) is 5.91 Å². The summed E-state index contributed by atoms with van der Waals surface area (Å²) in [6.07, 6.45) is 6.05. The molecule has 2 unspecified atom stereocenters. The molecule has 0 spiro atoms. The number of nitrogens with zero attached hydrogens (tertiary/aromatic N) is 7. The van der Waals surface area contributed by atoms with Crippen LogP contribution in [0.5, 0.6) is 0 Å². The van der Waals surface area contributed by atoms with E-state index in [0.717, 1.165) is 57.5 Å². The van der Waals surface area contributed by atoms with Gasteiger partial charge in [-0.3, -0.25) is 29.2 Å². The molecule has 5 aliphatic heterocycles. The van der Waals surface area contributed by atoms with Gasteiger partial charge in [-0.2, -0.15) is 54.0 Å². The van der Waals surface area contributed by atoms with Crippen LogP contribution < -0.4 is 10.7 Å². The molecule has 390 valence electrons. The fraction of sp³-hybridized carbons (Fsp3) is 0.540. The lowest BCUT2D eigenvalue weighted by atomic mass is 9.84. The summed E-state index contributed by atoms with van der Waals surface area (Å²) < 4.78 is 14.3. The Morgan fingerprint density at radius 1 is 1.06 bits per heavy atom. The second-order valence-corrected chi connectivity index (χ2v) is 20.5. The van der Waals surface area contributed by atoms with Crippen LogP contribution in [0.2, 0.25) is 0 Å². The molecule has 8 bridgehead atoms. The zero-order valence-corrected chi connectivity index (χ0v) is 46.9. The number of urea groups is 1. The predicted octanol–water partition coefficient (Wildman–Crippen LogP) is 6.59. The molecule has 4 aromatic rings. The van der Waals surface area contributed by atoms with Crippen LogP contribution in [0.4, 0.5) is 4.79 Å². The van der Waals surface area contributed by atoms with E-state index in [2.05, 4.69) is 66.9 Å². The average Bonchev–Trinajstić information content (AvgIpc) is 3.93. The van der Waals surface area contributed by atoms with Crippen molar-refractivity contribution in [1.82, 2.24) is 45.0 Å². The number of amides is 5. The Kier molecular flexibility index (Phi) is 20.6. The molecule has 5 amide bonds. The van der Waals surface area contributed by atoms with Gasteiger partial charge < -0.3 is 34.1 Å². The normalized spacial score (nSPS) is 21.6. The number of ether oxygens (including phenoxy) is 2. The fourth-order valence-electron chi connectivity index (χ4n) is 10.5. The van der Waals surface area contributed by atoms with E-state index in [1.165, 1.54) is 27.3 Å².